The summed E-state index contributed by atoms with van der Waals surface area (Å²) in [5.74, 6) is -1.51. The Balaban J connectivity index is 1.75. The van der Waals surface area contributed by atoms with Gasteiger partial charge in [0.2, 0.25) is 10.0 Å². The minimum atomic E-state index is -3.82. The highest BCUT2D eigenvalue weighted by Gasteiger charge is 2.17. The number of carbonyl (C=O) groups excluding carboxylic acids is 3. The number of para-hydroxylation sites is 1. The standard InChI is InChI=1S/C21H24N2O8S/c1-3-30-15-8-10-16(11-9-15)32(27,28)22-13-12-20(25)31-14-19(24)23-21(26)17-6-4-5-7-18(17)29-2/h4-11,22H,3,12-14H2,1-2H3,(H,23,24,26). The van der Waals surface area contributed by atoms with Crippen LogP contribution in [0.5, 0.6) is 11.5 Å². The van der Waals surface area contributed by atoms with Crippen LogP contribution in [0.3, 0.4) is 0 Å². The lowest BCUT2D eigenvalue weighted by molar-refractivity contribution is -0.148. The lowest BCUT2D eigenvalue weighted by Gasteiger charge is -2.09. The number of carbonyl (C=O) groups is 3. The smallest absolute Gasteiger partial charge is 0.307 e. The highest BCUT2D eigenvalue weighted by molar-refractivity contribution is 7.89. The Bertz CT molecular complexity index is 1050. The molecule has 0 bridgehead atoms. The van der Waals surface area contributed by atoms with Crippen LogP contribution in [0.4, 0.5) is 0 Å². The molecule has 0 saturated carbocycles. The fraction of sp³-hybridized carbons (Fsp3) is 0.286. The van der Waals surface area contributed by atoms with Crippen molar-refractivity contribution in [2.75, 3.05) is 26.9 Å². The first-order valence-electron chi connectivity index (χ1n) is 9.62. The molecule has 10 nitrogen and oxygen atoms in total. The maximum absolute atomic E-state index is 12.2. The number of methoxy groups -OCH3 is 1. The van der Waals surface area contributed by atoms with Crippen molar-refractivity contribution in [1.29, 1.82) is 0 Å². The minimum absolute atomic E-state index is 0.0172. The van der Waals surface area contributed by atoms with Crippen molar-refractivity contribution in [3.63, 3.8) is 0 Å². The number of hydrogen-bond acceptors (Lipinski definition) is 8. The quantitative estimate of drug-likeness (QED) is 0.474. The zero-order valence-electron chi connectivity index (χ0n) is 17.6. The van der Waals surface area contributed by atoms with Gasteiger partial charge in [0.1, 0.15) is 11.5 Å². The van der Waals surface area contributed by atoms with Crippen LogP contribution in [0.25, 0.3) is 0 Å². The van der Waals surface area contributed by atoms with E-state index in [1.54, 1.807) is 18.2 Å². The van der Waals surface area contributed by atoms with E-state index in [9.17, 15) is 22.8 Å². The molecule has 0 fully saturated rings. The highest BCUT2D eigenvalue weighted by atomic mass is 32.2. The molecule has 2 aromatic carbocycles. The maximum atomic E-state index is 12.2. The van der Waals surface area contributed by atoms with E-state index in [0.29, 0.717) is 12.4 Å². The van der Waals surface area contributed by atoms with Gasteiger partial charge in [-0.2, -0.15) is 0 Å². The molecule has 11 heteroatoms. The molecule has 0 spiro atoms. The molecular weight excluding hydrogens is 440 g/mol. The predicted molar refractivity (Wildman–Crippen MR) is 114 cm³/mol. The van der Waals surface area contributed by atoms with Gasteiger partial charge in [0.05, 0.1) is 30.6 Å². The van der Waals surface area contributed by atoms with E-state index >= 15 is 0 Å². The molecule has 0 unspecified atom stereocenters. The third-order valence-corrected chi connectivity index (χ3v) is 5.51. The number of amides is 2. The third-order valence-electron chi connectivity index (χ3n) is 4.04. The van der Waals surface area contributed by atoms with Gasteiger partial charge in [-0.25, -0.2) is 13.1 Å². The minimum Gasteiger partial charge on any atom is -0.496 e. The van der Waals surface area contributed by atoms with Crippen molar-refractivity contribution in [3.05, 3.63) is 54.1 Å². The van der Waals surface area contributed by atoms with Gasteiger partial charge < -0.3 is 14.2 Å². The van der Waals surface area contributed by atoms with Crippen LogP contribution in [0, 0.1) is 0 Å². The van der Waals surface area contributed by atoms with Crippen molar-refractivity contribution >= 4 is 27.8 Å². The number of hydrogen-bond donors (Lipinski definition) is 2. The molecule has 0 heterocycles. The van der Waals surface area contributed by atoms with Crippen LogP contribution < -0.4 is 19.5 Å². The summed E-state index contributed by atoms with van der Waals surface area (Å²) in [6, 6.07) is 12.1. The van der Waals surface area contributed by atoms with Gasteiger partial charge >= 0.3 is 5.97 Å². The number of imide groups is 1. The first-order valence-corrected chi connectivity index (χ1v) is 11.1. The normalized spacial score (nSPS) is 10.8. The summed E-state index contributed by atoms with van der Waals surface area (Å²) < 4.78 is 41.8. The molecule has 2 amide bonds. The number of nitrogens with one attached hydrogen (secondary N) is 2. The van der Waals surface area contributed by atoms with E-state index in [0.717, 1.165) is 0 Å². The van der Waals surface area contributed by atoms with Gasteiger partial charge in [0.15, 0.2) is 6.61 Å². The largest absolute Gasteiger partial charge is 0.496 e. The summed E-state index contributed by atoms with van der Waals surface area (Å²) in [7, 11) is -2.43. The average Bonchev–Trinajstić information content (AvgIpc) is 2.78. The third kappa shape index (κ3) is 7.36. The zero-order valence-corrected chi connectivity index (χ0v) is 18.4. The number of rotatable bonds is 11. The van der Waals surface area contributed by atoms with Gasteiger partial charge in [-0.15, -0.1) is 0 Å². The van der Waals surface area contributed by atoms with Crippen molar-refractivity contribution in [3.8, 4) is 11.5 Å². The molecule has 0 aliphatic rings. The Labute approximate surface area is 185 Å². The number of benzene rings is 2. The summed E-state index contributed by atoms with van der Waals surface area (Å²) in [4.78, 5) is 35.8. The maximum Gasteiger partial charge on any atom is 0.307 e. The number of esters is 1. The molecule has 172 valence electrons. The van der Waals surface area contributed by atoms with E-state index < -0.39 is 34.4 Å². The number of sulfonamides is 1. The molecule has 2 N–H and O–H groups in total. The molecule has 2 aromatic rings. The monoisotopic (exact) mass is 464 g/mol. The van der Waals surface area contributed by atoms with Crippen LogP contribution in [-0.4, -0.2) is 53.1 Å². The lowest BCUT2D eigenvalue weighted by Crippen LogP contribution is -2.34. The second-order valence-corrected chi connectivity index (χ2v) is 8.06. The average molecular weight is 464 g/mol. The van der Waals surface area contributed by atoms with Crippen molar-refractivity contribution in [2.45, 2.75) is 18.2 Å². The lowest BCUT2D eigenvalue weighted by atomic mass is 10.2. The Kier molecular flexibility index (Phi) is 9.17. The second kappa shape index (κ2) is 11.8. The first kappa shape index (κ1) is 24.8. The Hall–Kier alpha value is -3.44. The molecule has 2 rings (SSSR count). The number of ether oxygens (including phenoxy) is 3. The SMILES string of the molecule is CCOc1ccc(S(=O)(=O)NCCC(=O)OCC(=O)NC(=O)c2ccccc2OC)cc1. The van der Waals surface area contributed by atoms with E-state index in [1.807, 2.05) is 6.92 Å². The van der Waals surface area contributed by atoms with Crippen LogP contribution in [0.1, 0.15) is 23.7 Å². The predicted octanol–water partition coefficient (Wildman–Crippen LogP) is 1.26. The van der Waals surface area contributed by atoms with Crippen molar-refractivity contribution in [2.24, 2.45) is 0 Å². The van der Waals surface area contributed by atoms with E-state index in [1.165, 1.54) is 37.4 Å². The highest BCUT2D eigenvalue weighted by Crippen LogP contribution is 2.17. The van der Waals surface area contributed by atoms with E-state index in [4.69, 9.17) is 14.2 Å². The van der Waals surface area contributed by atoms with Crippen LogP contribution in [0.15, 0.2) is 53.4 Å². The van der Waals surface area contributed by atoms with Gasteiger partial charge in [0, 0.05) is 6.54 Å². The van der Waals surface area contributed by atoms with E-state index in [2.05, 4.69) is 10.0 Å². The zero-order chi connectivity index (χ0) is 23.6. The van der Waals surface area contributed by atoms with Crippen molar-refractivity contribution in [1.82, 2.24) is 10.0 Å². The molecule has 0 aliphatic heterocycles. The Morgan fingerprint density at radius 3 is 2.34 bits per heavy atom. The second-order valence-electron chi connectivity index (χ2n) is 6.29. The van der Waals surface area contributed by atoms with Gasteiger partial charge in [0.25, 0.3) is 11.8 Å². The summed E-state index contributed by atoms with van der Waals surface area (Å²) in [6.07, 6.45) is -0.302. The fourth-order valence-electron chi connectivity index (χ4n) is 2.53. The molecule has 0 radical (unpaired) electrons. The topological polar surface area (TPSA) is 137 Å². The van der Waals surface area contributed by atoms with Crippen molar-refractivity contribution < 1.29 is 37.0 Å². The molecular formula is C21H24N2O8S. The first-order chi connectivity index (χ1) is 15.3. The molecule has 0 aromatic heterocycles. The summed E-state index contributed by atoms with van der Waals surface area (Å²) in [6.45, 7) is 1.35. The molecule has 32 heavy (non-hydrogen) atoms. The van der Waals surface area contributed by atoms with Crippen LogP contribution in [-0.2, 0) is 24.3 Å². The summed E-state index contributed by atoms with van der Waals surface area (Å²) in [5.41, 5.74) is 0.151. The van der Waals surface area contributed by atoms with Gasteiger partial charge in [-0.3, -0.25) is 19.7 Å². The Morgan fingerprint density at radius 2 is 1.69 bits per heavy atom. The summed E-state index contributed by atoms with van der Waals surface area (Å²) in [5, 5.41) is 2.08. The van der Waals surface area contributed by atoms with E-state index in [-0.39, 0.29) is 29.2 Å². The van der Waals surface area contributed by atoms with Crippen LogP contribution >= 0.6 is 0 Å². The van der Waals surface area contributed by atoms with Gasteiger partial charge in [-0.05, 0) is 43.3 Å². The molecule has 0 atom stereocenters. The summed E-state index contributed by atoms with van der Waals surface area (Å²) >= 11 is 0. The molecule has 0 saturated heterocycles. The molecule has 0 aliphatic carbocycles. The van der Waals surface area contributed by atoms with Crippen LogP contribution in [0.2, 0.25) is 0 Å². The fourth-order valence-corrected chi connectivity index (χ4v) is 3.56. The van der Waals surface area contributed by atoms with Gasteiger partial charge in [-0.1, -0.05) is 12.1 Å². The Morgan fingerprint density at radius 1 is 1.00 bits per heavy atom.